The van der Waals surface area contributed by atoms with Crippen molar-refractivity contribution < 1.29 is 22.8 Å². The SMILES string of the molecule is Cc1cc(F)ccc1S(=O)(=O)Nc1ccc(C(C(=O)NO)c2ccccc2)cc1. The van der Waals surface area contributed by atoms with Crippen molar-refractivity contribution in [3.05, 3.63) is 95.3 Å². The predicted molar refractivity (Wildman–Crippen MR) is 107 cm³/mol. The summed E-state index contributed by atoms with van der Waals surface area (Å²) in [7, 11) is -3.90. The van der Waals surface area contributed by atoms with Crippen LogP contribution in [0.1, 0.15) is 22.6 Å². The lowest BCUT2D eigenvalue weighted by Gasteiger charge is -2.17. The second kappa shape index (κ2) is 8.42. The van der Waals surface area contributed by atoms with Gasteiger partial charge in [0.1, 0.15) is 5.82 Å². The van der Waals surface area contributed by atoms with Gasteiger partial charge in [-0.25, -0.2) is 18.3 Å². The lowest BCUT2D eigenvalue weighted by molar-refractivity contribution is -0.129. The van der Waals surface area contributed by atoms with Crippen LogP contribution < -0.4 is 10.2 Å². The Kier molecular flexibility index (Phi) is 5.95. The molecule has 6 nitrogen and oxygen atoms in total. The first kappa shape index (κ1) is 20.5. The molecule has 29 heavy (non-hydrogen) atoms. The van der Waals surface area contributed by atoms with Gasteiger partial charge < -0.3 is 0 Å². The molecule has 3 N–H and O–H groups in total. The second-order valence-electron chi connectivity index (χ2n) is 6.46. The molecule has 1 amide bonds. The number of aryl methyl sites for hydroxylation is 1. The van der Waals surface area contributed by atoms with Crippen LogP contribution in [0.3, 0.4) is 0 Å². The number of anilines is 1. The summed E-state index contributed by atoms with van der Waals surface area (Å²) in [6, 6.07) is 18.6. The molecule has 0 radical (unpaired) electrons. The van der Waals surface area contributed by atoms with Crippen LogP contribution in [0.25, 0.3) is 0 Å². The van der Waals surface area contributed by atoms with Gasteiger partial charge in [0, 0.05) is 5.69 Å². The molecule has 1 atom stereocenters. The summed E-state index contributed by atoms with van der Waals surface area (Å²) in [6.45, 7) is 1.51. The van der Waals surface area contributed by atoms with E-state index in [0.29, 0.717) is 11.1 Å². The van der Waals surface area contributed by atoms with E-state index in [1.165, 1.54) is 25.1 Å². The highest BCUT2D eigenvalue weighted by molar-refractivity contribution is 7.92. The van der Waals surface area contributed by atoms with Gasteiger partial charge in [0.15, 0.2) is 0 Å². The molecule has 3 aromatic carbocycles. The molecule has 0 saturated carbocycles. The largest absolute Gasteiger partial charge is 0.289 e. The van der Waals surface area contributed by atoms with Gasteiger partial charge in [0.25, 0.3) is 15.9 Å². The third-order valence-corrected chi connectivity index (χ3v) is 5.97. The first-order valence-corrected chi connectivity index (χ1v) is 10.2. The maximum Gasteiger partial charge on any atom is 0.262 e. The topological polar surface area (TPSA) is 95.5 Å². The van der Waals surface area contributed by atoms with Crippen molar-refractivity contribution in [2.45, 2.75) is 17.7 Å². The van der Waals surface area contributed by atoms with E-state index in [0.717, 1.165) is 12.1 Å². The monoisotopic (exact) mass is 414 g/mol. The highest BCUT2D eigenvalue weighted by Gasteiger charge is 2.23. The molecule has 0 heterocycles. The summed E-state index contributed by atoms with van der Waals surface area (Å²) >= 11 is 0. The number of sulfonamides is 1. The van der Waals surface area contributed by atoms with E-state index in [9.17, 15) is 17.6 Å². The zero-order valence-corrected chi connectivity index (χ0v) is 16.3. The van der Waals surface area contributed by atoms with Crippen LogP contribution >= 0.6 is 0 Å². The first-order valence-electron chi connectivity index (χ1n) is 8.69. The number of carbonyl (C=O) groups is 1. The number of nitrogens with one attached hydrogen (secondary N) is 2. The van der Waals surface area contributed by atoms with Crippen LogP contribution in [0.4, 0.5) is 10.1 Å². The summed E-state index contributed by atoms with van der Waals surface area (Å²) in [4.78, 5) is 12.2. The van der Waals surface area contributed by atoms with E-state index in [1.807, 2.05) is 6.07 Å². The average Bonchev–Trinajstić information content (AvgIpc) is 2.69. The van der Waals surface area contributed by atoms with Crippen LogP contribution in [0.2, 0.25) is 0 Å². The molecule has 0 aliphatic carbocycles. The Labute approximate surface area is 168 Å². The summed E-state index contributed by atoms with van der Waals surface area (Å²) in [5.41, 5.74) is 3.49. The predicted octanol–water partition coefficient (Wildman–Crippen LogP) is 3.57. The quantitative estimate of drug-likeness (QED) is 0.424. The van der Waals surface area contributed by atoms with E-state index in [1.54, 1.807) is 41.9 Å². The Morgan fingerprint density at radius 2 is 1.59 bits per heavy atom. The Morgan fingerprint density at radius 3 is 2.17 bits per heavy atom. The van der Waals surface area contributed by atoms with Gasteiger partial charge in [-0.2, -0.15) is 0 Å². The summed E-state index contributed by atoms with van der Waals surface area (Å²) in [5.74, 6) is -1.88. The van der Waals surface area contributed by atoms with Crippen molar-refractivity contribution in [2.24, 2.45) is 0 Å². The maximum absolute atomic E-state index is 13.3. The lowest BCUT2D eigenvalue weighted by atomic mass is 9.90. The van der Waals surface area contributed by atoms with E-state index in [-0.39, 0.29) is 16.1 Å². The van der Waals surface area contributed by atoms with E-state index >= 15 is 0 Å². The van der Waals surface area contributed by atoms with Crippen LogP contribution in [-0.4, -0.2) is 19.5 Å². The number of hydrogen-bond donors (Lipinski definition) is 3. The Balaban J connectivity index is 1.88. The second-order valence-corrected chi connectivity index (χ2v) is 8.11. The van der Waals surface area contributed by atoms with Gasteiger partial charge in [-0.3, -0.25) is 14.7 Å². The number of benzene rings is 3. The zero-order valence-electron chi connectivity index (χ0n) is 15.5. The van der Waals surface area contributed by atoms with Crippen molar-refractivity contribution in [2.75, 3.05) is 4.72 Å². The number of rotatable bonds is 6. The van der Waals surface area contributed by atoms with E-state index < -0.39 is 27.7 Å². The molecule has 0 aliphatic rings. The molecule has 3 aromatic rings. The molecular formula is C21H19FN2O4S. The molecule has 0 saturated heterocycles. The molecule has 8 heteroatoms. The molecule has 150 valence electrons. The van der Waals surface area contributed by atoms with Crippen LogP contribution in [0.15, 0.2) is 77.7 Å². The first-order chi connectivity index (χ1) is 13.8. The van der Waals surface area contributed by atoms with E-state index in [2.05, 4.69) is 4.72 Å². The third-order valence-electron chi connectivity index (χ3n) is 4.43. The molecule has 0 spiro atoms. The van der Waals surface area contributed by atoms with Crippen molar-refractivity contribution in [1.29, 1.82) is 0 Å². The van der Waals surface area contributed by atoms with Gasteiger partial charge in [-0.1, -0.05) is 42.5 Å². The highest BCUT2D eigenvalue weighted by atomic mass is 32.2. The standard InChI is InChI=1S/C21H19FN2O4S/c1-14-13-17(22)9-12-19(14)29(27,28)24-18-10-7-16(8-11-18)20(21(25)23-26)15-5-3-2-4-6-15/h2-13,20,24,26H,1H3,(H,23,25). The van der Waals surface area contributed by atoms with Crippen molar-refractivity contribution in [3.8, 4) is 0 Å². The fourth-order valence-corrected chi connectivity index (χ4v) is 4.36. The zero-order chi connectivity index (χ0) is 21.0. The summed E-state index contributed by atoms with van der Waals surface area (Å²) in [6.07, 6.45) is 0. The number of carbonyl (C=O) groups excluding carboxylic acids is 1. The number of hydrogen-bond acceptors (Lipinski definition) is 4. The molecule has 1 unspecified atom stereocenters. The fourth-order valence-electron chi connectivity index (χ4n) is 3.07. The Hall–Kier alpha value is -3.23. The maximum atomic E-state index is 13.3. The molecule has 0 aliphatic heterocycles. The third kappa shape index (κ3) is 4.61. The minimum atomic E-state index is -3.90. The van der Waals surface area contributed by atoms with Gasteiger partial charge in [0.2, 0.25) is 0 Å². The summed E-state index contributed by atoms with van der Waals surface area (Å²) in [5, 5.41) is 9.09. The average molecular weight is 414 g/mol. The molecule has 0 fully saturated rings. The molecule has 0 bridgehead atoms. The van der Waals surface area contributed by atoms with Gasteiger partial charge in [0.05, 0.1) is 10.8 Å². The van der Waals surface area contributed by atoms with E-state index in [4.69, 9.17) is 5.21 Å². The molecular weight excluding hydrogens is 395 g/mol. The Bertz CT molecular complexity index is 1120. The molecule has 0 aromatic heterocycles. The van der Waals surface area contributed by atoms with Crippen molar-refractivity contribution >= 4 is 21.6 Å². The number of amides is 1. The Morgan fingerprint density at radius 1 is 0.966 bits per heavy atom. The van der Waals surface area contributed by atoms with Crippen molar-refractivity contribution in [1.82, 2.24) is 5.48 Å². The molecule has 3 rings (SSSR count). The fraction of sp³-hybridized carbons (Fsp3) is 0.0952. The van der Waals surface area contributed by atoms with Gasteiger partial charge >= 0.3 is 0 Å². The summed E-state index contributed by atoms with van der Waals surface area (Å²) < 4.78 is 40.9. The van der Waals surface area contributed by atoms with Crippen LogP contribution in [0, 0.1) is 12.7 Å². The highest BCUT2D eigenvalue weighted by Crippen LogP contribution is 2.27. The van der Waals surface area contributed by atoms with Gasteiger partial charge in [-0.05, 0) is 53.9 Å². The number of halogens is 1. The number of hydroxylamine groups is 1. The minimum Gasteiger partial charge on any atom is -0.289 e. The van der Waals surface area contributed by atoms with Crippen LogP contribution in [-0.2, 0) is 14.8 Å². The minimum absolute atomic E-state index is 0.0233. The van der Waals surface area contributed by atoms with Crippen molar-refractivity contribution in [3.63, 3.8) is 0 Å². The van der Waals surface area contributed by atoms with Gasteiger partial charge in [-0.15, -0.1) is 0 Å². The smallest absolute Gasteiger partial charge is 0.262 e. The lowest BCUT2D eigenvalue weighted by Crippen LogP contribution is -2.27. The normalized spacial score (nSPS) is 12.2. The van der Waals surface area contributed by atoms with Crippen LogP contribution in [0.5, 0.6) is 0 Å².